The number of rotatable bonds is 5. The number of ketones is 2. The largest absolute Gasteiger partial charge is 0.510 e. The molecule has 1 amide bonds. The van der Waals surface area contributed by atoms with E-state index in [0.717, 1.165) is 11.3 Å². The van der Waals surface area contributed by atoms with Gasteiger partial charge >= 0.3 is 5.97 Å². The number of primary amides is 1. The summed E-state index contributed by atoms with van der Waals surface area (Å²) >= 11 is 0.912. The molecule has 0 spiro atoms. The Labute approximate surface area is 238 Å². The van der Waals surface area contributed by atoms with E-state index in [1.165, 1.54) is 17.0 Å². The number of nitrogens with zero attached hydrogens (tertiary/aromatic N) is 2. The van der Waals surface area contributed by atoms with E-state index in [0.29, 0.717) is 16.1 Å². The molecule has 216 valence electrons. The molecule has 0 unspecified atom stereocenters. The van der Waals surface area contributed by atoms with Gasteiger partial charge in [0.1, 0.15) is 27.7 Å². The summed E-state index contributed by atoms with van der Waals surface area (Å²) in [5, 5.41) is 54.9. The van der Waals surface area contributed by atoms with Crippen molar-refractivity contribution in [3.63, 3.8) is 0 Å². The van der Waals surface area contributed by atoms with Crippen LogP contribution in [0.3, 0.4) is 0 Å². The number of likely N-dealkylation sites (N-methyl/N-ethyl adjacent to an activating group) is 1. The number of thiophene rings is 1. The molecule has 3 aliphatic rings. The molecule has 12 nitrogen and oxygen atoms in total. The third kappa shape index (κ3) is 3.87. The second-order valence-electron chi connectivity index (χ2n) is 11.0. The lowest BCUT2D eigenvalue weighted by Gasteiger charge is -2.50. The standard InChI is InChI=1S/C28H29N3O9S/c1-30(2)14-9-12(15-5-6-16(41-15)27(38)39)21(32)18-11(14)7-10-8-13-20(31(3)4)23(34)19(26(29)37)25(36)28(13,40)24(35)17(10)22(18)33/h5-6,9-10,13,20,32,34-35,40H,7-8H2,1-4H3,(H2,29,37)(H,38,39)/t10-,13-,20-,28-/m0/s1. The first kappa shape index (κ1) is 28.3. The first-order valence-electron chi connectivity index (χ1n) is 12.7. The van der Waals surface area contributed by atoms with Crippen LogP contribution >= 0.6 is 11.3 Å². The van der Waals surface area contributed by atoms with Gasteiger partial charge in [-0.3, -0.25) is 19.3 Å². The Hall–Kier alpha value is -4.20. The number of phenols is 1. The molecular weight excluding hydrogens is 554 g/mol. The second kappa shape index (κ2) is 9.43. The van der Waals surface area contributed by atoms with Gasteiger partial charge in [-0.05, 0) is 56.6 Å². The van der Waals surface area contributed by atoms with E-state index in [9.17, 15) is 44.7 Å². The predicted octanol–water partition coefficient (Wildman–Crippen LogP) is 1.61. The average Bonchev–Trinajstić information content (AvgIpc) is 3.36. The molecule has 0 bridgehead atoms. The number of carbonyl (C=O) groups excluding carboxylic acids is 3. The van der Waals surface area contributed by atoms with Crippen molar-refractivity contribution in [3.05, 3.63) is 56.9 Å². The topological polar surface area (TPSA) is 202 Å². The molecule has 5 rings (SSSR count). The summed E-state index contributed by atoms with van der Waals surface area (Å²) in [6.07, 6.45) is 0.120. The number of phenolic OH excluding ortho intramolecular Hbond substituents is 1. The lowest BCUT2D eigenvalue weighted by Crippen LogP contribution is -2.63. The highest BCUT2D eigenvalue weighted by Gasteiger charge is 2.63. The number of aliphatic hydroxyl groups is 3. The van der Waals surface area contributed by atoms with Gasteiger partial charge in [-0.2, -0.15) is 0 Å². The van der Waals surface area contributed by atoms with E-state index in [1.54, 1.807) is 39.2 Å². The summed E-state index contributed by atoms with van der Waals surface area (Å²) in [5.41, 5.74) is 2.62. The minimum atomic E-state index is -2.73. The molecule has 3 aliphatic carbocycles. The lowest BCUT2D eigenvalue weighted by atomic mass is 9.58. The third-order valence-corrected chi connectivity index (χ3v) is 9.37. The average molecular weight is 584 g/mol. The van der Waals surface area contributed by atoms with Gasteiger partial charge < -0.3 is 36.2 Å². The van der Waals surface area contributed by atoms with Crippen LogP contribution in [0.15, 0.2) is 40.9 Å². The summed E-state index contributed by atoms with van der Waals surface area (Å²) in [5.74, 6) is -8.39. The second-order valence-corrected chi connectivity index (χ2v) is 12.1. The van der Waals surface area contributed by atoms with Gasteiger partial charge in [0.25, 0.3) is 5.91 Å². The van der Waals surface area contributed by atoms with Crippen LogP contribution in [-0.4, -0.2) is 93.7 Å². The zero-order chi connectivity index (χ0) is 30.3. The van der Waals surface area contributed by atoms with E-state index in [-0.39, 0.29) is 34.4 Å². The number of hydrogen-bond donors (Lipinski definition) is 6. The number of aromatic carboxylic acids is 1. The molecule has 1 heterocycles. The van der Waals surface area contributed by atoms with Crippen molar-refractivity contribution in [3.8, 4) is 16.2 Å². The number of carboxylic acid groups (broad SMARTS) is 1. The fraction of sp³-hybridized carbons (Fsp3) is 0.357. The monoisotopic (exact) mass is 583 g/mol. The minimum absolute atomic E-state index is 0.0198. The maximum Gasteiger partial charge on any atom is 0.345 e. The van der Waals surface area contributed by atoms with Gasteiger partial charge in [-0.15, -0.1) is 11.3 Å². The normalized spacial score (nSPS) is 25.7. The maximum absolute atomic E-state index is 14.1. The first-order valence-corrected chi connectivity index (χ1v) is 13.5. The Kier molecular flexibility index (Phi) is 6.52. The van der Waals surface area contributed by atoms with E-state index in [1.807, 2.05) is 0 Å². The molecule has 2 aromatic rings. The highest BCUT2D eigenvalue weighted by atomic mass is 32.1. The van der Waals surface area contributed by atoms with E-state index in [2.05, 4.69) is 0 Å². The van der Waals surface area contributed by atoms with E-state index < -0.39 is 69.8 Å². The highest BCUT2D eigenvalue weighted by Crippen LogP contribution is 2.54. The van der Waals surface area contributed by atoms with Crippen LogP contribution in [0.25, 0.3) is 10.4 Å². The number of allylic oxidation sites excluding steroid dienone is 1. The highest BCUT2D eigenvalue weighted by molar-refractivity contribution is 7.17. The van der Waals surface area contributed by atoms with Crippen molar-refractivity contribution >= 4 is 40.5 Å². The zero-order valence-electron chi connectivity index (χ0n) is 22.6. The maximum atomic E-state index is 14.1. The van der Waals surface area contributed by atoms with Gasteiger partial charge in [-0.25, -0.2) is 4.79 Å². The molecule has 41 heavy (non-hydrogen) atoms. The van der Waals surface area contributed by atoms with Gasteiger partial charge in [0.15, 0.2) is 11.4 Å². The number of aromatic hydroxyl groups is 1. The van der Waals surface area contributed by atoms with Crippen molar-refractivity contribution in [1.29, 1.82) is 0 Å². The van der Waals surface area contributed by atoms with Crippen LogP contribution in [-0.2, 0) is 16.0 Å². The number of benzene rings is 1. The van der Waals surface area contributed by atoms with Gasteiger partial charge in [0.2, 0.25) is 5.78 Å². The summed E-state index contributed by atoms with van der Waals surface area (Å²) in [6, 6.07) is 3.48. The Morgan fingerprint density at radius 3 is 2.29 bits per heavy atom. The summed E-state index contributed by atoms with van der Waals surface area (Å²) in [6.45, 7) is 0. The number of carbonyl (C=O) groups is 4. The van der Waals surface area contributed by atoms with Gasteiger partial charge in [0.05, 0.1) is 11.6 Å². The summed E-state index contributed by atoms with van der Waals surface area (Å²) in [7, 11) is 6.63. The van der Waals surface area contributed by atoms with Crippen LogP contribution in [0.1, 0.15) is 32.0 Å². The molecule has 0 aliphatic heterocycles. The minimum Gasteiger partial charge on any atom is -0.510 e. The molecular formula is C28H29N3O9S. The first-order chi connectivity index (χ1) is 19.1. The van der Waals surface area contributed by atoms with Crippen LogP contribution in [0.5, 0.6) is 5.75 Å². The van der Waals surface area contributed by atoms with Crippen LogP contribution in [0.2, 0.25) is 0 Å². The molecule has 4 atom stereocenters. The fourth-order valence-corrected chi connectivity index (χ4v) is 7.35. The molecule has 0 saturated carbocycles. The smallest absolute Gasteiger partial charge is 0.345 e. The molecule has 0 fully saturated rings. The van der Waals surface area contributed by atoms with Crippen molar-refractivity contribution in [2.24, 2.45) is 17.6 Å². The molecule has 0 saturated heterocycles. The fourth-order valence-electron chi connectivity index (χ4n) is 6.48. The van der Waals surface area contributed by atoms with E-state index >= 15 is 0 Å². The quantitative estimate of drug-likeness (QED) is 0.279. The Morgan fingerprint density at radius 2 is 1.76 bits per heavy atom. The summed E-state index contributed by atoms with van der Waals surface area (Å²) < 4.78 is 0. The Morgan fingerprint density at radius 1 is 1.10 bits per heavy atom. The number of anilines is 1. The number of aliphatic hydroxyl groups excluding tert-OH is 2. The van der Waals surface area contributed by atoms with Crippen molar-refractivity contribution < 1.29 is 44.7 Å². The number of fused-ring (bicyclic) bond motifs is 3. The Balaban J connectivity index is 1.74. The van der Waals surface area contributed by atoms with Crippen molar-refractivity contribution in [1.82, 2.24) is 4.90 Å². The molecule has 1 aromatic heterocycles. The predicted molar refractivity (Wildman–Crippen MR) is 148 cm³/mol. The SMILES string of the molecule is CN(C)c1cc(-c2ccc(C(=O)O)s2)c(O)c2c1C[C@H]1C[C@H]3[C@H](N(C)C)C(O)=C(C(N)=O)C(=O)[C@@]3(O)C(O)=C1C2=O. The number of nitrogens with two attached hydrogens (primary N) is 1. The summed E-state index contributed by atoms with van der Waals surface area (Å²) in [4.78, 5) is 54.8. The van der Waals surface area contributed by atoms with Gasteiger partial charge in [0, 0.05) is 41.7 Å². The number of hydrogen-bond acceptors (Lipinski definition) is 11. The molecule has 0 radical (unpaired) electrons. The van der Waals surface area contributed by atoms with E-state index in [4.69, 9.17) is 5.73 Å². The Bertz CT molecular complexity index is 1620. The molecule has 7 N–H and O–H groups in total. The third-order valence-electron chi connectivity index (χ3n) is 8.26. The molecule has 13 heteroatoms. The zero-order valence-corrected chi connectivity index (χ0v) is 23.4. The van der Waals surface area contributed by atoms with Crippen LogP contribution in [0, 0.1) is 11.8 Å². The van der Waals surface area contributed by atoms with Gasteiger partial charge in [-0.1, -0.05) is 0 Å². The van der Waals surface area contributed by atoms with Crippen LogP contribution < -0.4 is 10.6 Å². The molecule has 1 aromatic carbocycles. The van der Waals surface area contributed by atoms with Crippen molar-refractivity contribution in [2.45, 2.75) is 24.5 Å². The number of Topliss-reactive ketones (excluding diaryl/α,β-unsaturated/α-hetero) is 2. The number of carboxylic acids is 1. The lowest BCUT2D eigenvalue weighted by molar-refractivity contribution is -0.148. The van der Waals surface area contributed by atoms with Crippen molar-refractivity contribution in [2.75, 3.05) is 33.1 Å². The number of amides is 1. The van der Waals surface area contributed by atoms with Crippen LogP contribution in [0.4, 0.5) is 5.69 Å².